The van der Waals surface area contributed by atoms with Crippen LogP contribution in [0, 0.1) is 5.41 Å². The average molecular weight is 464 g/mol. The first-order chi connectivity index (χ1) is 15.3. The first-order valence-electron chi connectivity index (χ1n) is 10.7. The number of nitrogens with zero attached hydrogens (tertiary/aromatic N) is 4. The molecule has 0 aliphatic heterocycles. The summed E-state index contributed by atoms with van der Waals surface area (Å²) in [6, 6.07) is 2.71. The first kappa shape index (κ1) is 23.1. The molecule has 1 aliphatic rings. The number of carbonyl (C=O) groups excluding carboxylic acids is 1. The van der Waals surface area contributed by atoms with E-state index >= 15 is 0 Å². The number of alkyl halides is 3. The Morgan fingerprint density at radius 1 is 1.27 bits per heavy atom. The molecular weight excluding hydrogens is 435 g/mol. The summed E-state index contributed by atoms with van der Waals surface area (Å²) in [5.41, 5.74) is 6.44. The van der Waals surface area contributed by atoms with Crippen LogP contribution in [0.4, 0.5) is 18.9 Å². The van der Waals surface area contributed by atoms with E-state index in [4.69, 9.17) is 5.73 Å². The normalized spacial score (nSPS) is 22.7. The van der Waals surface area contributed by atoms with Crippen molar-refractivity contribution < 1.29 is 18.0 Å². The van der Waals surface area contributed by atoms with Crippen molar-refractivity contribution in [1.29, 1.82) is 0 Å². The van der Waals surface area contributed by atoms with E-state index in [1.807, 2.05) is 7.05 Å². The van der Waals surface area contributed by atoms with Gasteiger partial charge in [-0.2, -0.15) is 23.4 Å². The van der Waals surface area contributed by atoms with E-state index in [2.05, 4.69) is 41.6 Å². The molecule has 8 nitrogen and oxygen atoms in total. The van der Waals surface area contributed by atoms with Crippen LogP contribution in [-0.2, 0) is 13.2 Å². The molecule has 1 aliphatic carbocycles. The molecule has 0 radical (unpaired) electrons. The second kappa shape index (κ2) is 7.47. The number of amides is 1. The quantitative estimate of drug-likeness (QED) is 0.538. The van der Waals surface area contributed by atoms with E-state index in [0.717, 1.165) is 18.9 Å². The number of primary amides is 1. The third-order valence-electron chi connectivity index (χ3n) is 7.47. The van der Waals surface area contributed by atoms with Gasteiger partial charge in [-0.25, -0.2) is 4.52 Å². The molecule has 0 spiro atoms. The number of aryl methyl sites for hydroxylation is 1. The van der Waals surface area contributed by atoms with Gasteiger partial charge in [0.15, 0.2) is 5.69 Å². The summed E-state index contributed by atoms with van der Waals surface area (Å²) in [5.74, 6) is -0.637. The molecule has 33 heavy (non-hydrogen) atoms. The molecule has 1 fully saturated rings. The van der Waals surface area contributed by atoms with Crippen molar-refractivity contribution in [2.75, 3.05) is 12.4 Å². The van der Waals surface area contributed by atoms with Crippen LogP contribution in [-0.4, -0.2) is 43.9 Å². The third kappa shape index (κ3) is 3.64. The summed E-state index contributed by atoms with van der Waals surface area (Å²) in [6.07, 6.45) is 0.239. The monoisotopic (exact) mass is 463 g/mol. The lowest BCUT2D eigenvalue weighted by Gasteiger charge is -2.42. The molecule has 2 atom stereocenters. The fraction of sp³-hybridized carbons (Fsp3) is 0.500. The molecule has 11 heteroatoms. The highest BCUT2D eigenvalue weighted by molar-refractivity contribution is 6.02. The Morgan fingerprint density at radius 3 is 2.52 bits per heavy atom. The molecule has 0 bridgehead atoms. The van der Waals surface area contributed by atoms with Crippen molar-refractivity contribution in [2.45, 2.75) is 51.4 Å². The second-order valence-corrected chi connectivity index (χ2v) is 9.43. The zero-order chi connectivity index (χ0) is 24.3. The highest BCUT2D eigenvalue weighted by Gasteiger charge is 2.51. The van der Waals surface area contributed by atoms with Crippen LogP contribution in [0.25, 0.3) is 16.8 Å². The van der Waals surface area contributed by atoms with Crippen LogP contribution in [0.15, 0.2) is 24.5 Å². The molecule has 0 aromatic carbocycles. The Balaban J connectivity index is 1.82. The van der Waals surface area contributed by atoms with Gasteiger partial charge in [-0.15, -0.1) is 0 Å². The van der Waals surface area contributed by atoms with Gasteiger partial charge < -0.3 is 16.4 Å². The minimum atomic E-state index is -4.55. The summed E-state index contributed by atoms with van der Waals surface area (Å²) in [7, 11) is 3.39. The van der Waals surface area contributed by atoms with Gasteiger partial charge in [0.25, 0.3) is 5.91 Å². The Bertz CT molecular complexity index is 1230. The highest BCUT2D eigenvalue weighted by atomic mass is 19.4. The molecule has 1 saturated carbocycles. The van der Waals surface area contributed by atoms with E-state index in [1.54, 1.807) is 12.3 Å². The van der Waals surface area contributed by atoms with Gasteiger partial charge >= 0.3 is 6.18 Å². The minimum absolute atomic E-state index is 0.0196. The van der Waals surface area contributed by atoms with Crippen molar-refractivity contribution in [2.24, 2.45) is 18.2 Å². The lowest BCUT2D eigenvalue weighted by Crippen LogP contribution is -2.53. The van der Waals surface area contributed by atoms with Gasteiger partial charge in [0, 0.05) is 35.8 Å². The van der Waals surface area contributed by atoms with Crippen molar-refractivity contribution in [3.63, 3.8) is 0 Å². The SMILES string of the molecule is CNC1(C)CC[C@@H](Nc2c(C(N)=O)cnn3cc(-c4cc(C(F)(F)F)nn4C)cc23)C1(C)C. The maximum absolute atomic E-state index is 13.1. The number of fused-ring (bicyclic) bond motifs is 1. The molecule has 0 saturated heterocycles. The number of hydrogen-bond acceptors (Lipinski definition) is 5. The van der Waals surface area contributed by atoms with Crippen LogP contribution < -0.4 is 16.4 Å². The Morgan fingerprint density at radius 2 is 1.97 bits per heavy atom. The van der Waals surface area contributed by atoms with Crippen molar-refractivity contribution >= 4 is 17.1 Å². The molecule has 178 valence electrons. The maximum Gasteiger partial charge on any atom is 0.435 e. The topological polar surface area (TPSA) is 102 Å². The number of hydrogen-bond donors (Lipinski definition) is 3. The zero-order valence-corrected chi connectivity index (χ0v) is 19.2. The fourth-order valence-electron chi connectivity index (χ4n) is 4.79. The van der Waals surface area contributed by atoms with Crippen LogP contribution in [0.1, 0.15) is 49.7 Å². The van der Waals surface area contributed by atoms with Gasteiger partial charge in [-0.1, -0.05) is 13.8 Å². The Labute approximate surface area is 189 Å². The molecule has 1 unspecified atom stereocenters. The van der Waals surface area contributed by atoms with E-state index in [1.165, 1.54) is 22.4 Å². The average Bonchev–Trinajstić information content (AvgIpc) is 3.38. The van der Waals surface area contributed by atoms with Gasteiger partial charge in [-0.05, 0) is 38.9 Å². The van der Waals surface area contributed by atoms with E-state index in [9.17, 15) is 18.0 Å². The van der Waals surface area contributed by atoms with Gasteiger partial charge in [0.05, 0.1) is 28.7 Å². The molecular formula is C22H28F3N7O. The second-order valence-electron chi connectivity index (χ2n) is 9.43. The lowest BCUT2D eigenvalue weighted by molar-refractivity contribution is -0.141. The van der Waals surface area contributed by atoms with Crippen molar-refractivity contribution in [1.82, 2.24) is 24.7 Å². The highest BCUT2D eigenvalue weighted by Crippen LogP contribution is 2.47. The van der Waals surface area contributed by atoms with Crippen LogP contribution in [0.3, 0.4) is 0 Å². The minimum Gasteiger partial charge on any atom is -0.379 e. The number of carbonyl (C=O) groups is 1. The largest absolute Gasteiger partial charge is 0.435 e. The lowest BCUT2D eigenvalue weighted by atomic mass is 9.74. The number of nitrogens with two attached hydrogens (primary N) is 1. The first-order valence-corrected chi connectivity index (χ1v) is 10.7. The van der Waals surface area contributed by atoms with Crippen molar-refractivity contribution in [3.05, 3.63) is 35.8 Å². The standard InChI is InChI=1S/C22H28F3N7O/c1-20(2)16(6-7-21(20,3)27-4)29-18-13(19(26)33)10-28-32-11-12(8-15(18)32)14-9-17(22(23,24)25)30-31(14)5/h8-11,16,27,29H,6-7H2,1-5H3,(H2,26,33)/t16-,21?/m1/s1. The van der Waals surface area contributed by atoms with Gasteiger partial charge in [-0.3, -0.25) is 9.48 Å². The molecule has 4 rings (SSSR count). The van der Waals surface area contributed by atoms with Gasteiger partial charge in [0.1, 0.15) is 0 Å². The number of halogens is 3. The predicted octanol–water partition coefficient (Wildman–Crippen LogP) is 3.43. The van der Waals surface area contributed by atoms with Crippen LogP contribution in [0.5, 0.6) is 0 Å². The Hall–Kier alpha value is -3.08. The van der Waals surface area contributed by atoms with Crippen molar-refractivity contribution in [3.8, 4) is 11.3 Å². The summed E-state index contributed by atoms with van der Waals surface area (Å²) in [6.45, 7) is 6.49. The van der Waals surface area contributed by atoms with E-state index < -0.39 is 17.8 Å². The summed E-state index contributed by atoms with van der Waals surface area (Å²) >= 11 is 0. The molecule has 4 N–H and O–H groups in total. The number of anilines is 1. The van der Waals surface area contributed by atoms with Crippen LogP contribution >= 0.6 is 0 Å². The predicted molar refractivity (Wildman–Crippen MR) is 119 cm³/mol. The van der Waals surface area contributed by atoms with E-state index in [-0.39, 0.29) is 28.3 Å². The molecule has 3 aromatic heterocycles. The smallest absolute Gasteiger partial charge is 0.379 e. The molecule has 1 amide bonds. The number of nitrogens with one attached hydrogen (secondary N) is 2. The zero-order valence-electron chi connectivity index (χ0n) is 19.2. The Kier molecular flexibility index (Phi) is 5.23. The fourth-order valence-corrected chi connectivity index (χ4v) is 4.79. The molecule has 3 heterocycles. The number of rotatable bonds is 5. The summed E-state index contributed by atoms with van der Waals surface area (Å²) in [4.78, 5) is 12.2. The van der Waals surface area contributed by atoms with Gasteiger partial charge in [0.2, 0.25) is 0 Å². The summed E-state index contributed by atoms with van der Waals surface area (Å²) < 4.78 is 42.1. The summed E-state index contributed by atoms with van der Waals surface area (Å²) in [5, 5.41) is 14.8. The maximum atomic E-state index is 13.1. The van der Waals surface area contributed by atoms with E-state index in [0.29, 0.717) is 16.8 Å². The molecule has 3 aromatic rings. The number of aromatic nitrogens is 4. The third-order valence-corrected chi connectivity index (χ3v) is 7.47. The van der Waals surface area contributed by atoms with Crippen LogP contribution in [0.2, 0.25) is 0 Å².